The number of benzene rings is 1. The fraction of sp³-hybridized carbons (Fsp3) is 0.500. The molecular weight excluding hydrogens is 260 g/mol. The number of hydrogen-bond acceptors (Lipinski definition) is 3. The van der Waals surface area contributed by atoms with E-state index in [1.165, 1.54) is 0 Å². The molecule has 0 atom stereocenters. The topological polar surface area (TPSA) is 50.4 Å². The third-order valence-electron chi connectivity index (χ3n) is 3.22. The highest BCUT2D eigenvalue weighted by molar-refractivity contribution is 7.98. The number of carbonyl (C=O) groups excluding carboxylic acids is 1. The van der Waals surface area contributed by atoms with Crippen molar-refractivity contribution in [2.45, 2.75) is 17.7 Å². The zero-order valence-electron chi connectivity index (χ0n) is 11.1. The molecule has 0 aliphatic carbocycles. The van der Waals surface area contributed by atoms with E-state index in [4.69, 9.17) is 4.74 Å². The fourth-order valence-corrected chi connectivity index (χ4v) is 2.52. The van der Waals surface area contributed by atoms with Gasteiger partial charge in [0.05, 0.1) is 0 Å². The molecule has 2 N–H and O–H groups in total. The van der Waals surface area contributed by atoms with Gasteiger partial charge in [-0.3, -0.25) is 0 Å². The first-order valence-electron chi connectivity index (χ1n) is 6.54. The lowest BCUT2D eigenvalue weighted by Crippen LogP contribution is -2.35. The summed E-state index contributed by atoms with van der Waals surface area (Å²) in [6.45, 7) is 2.34. The maximum absolute atomic E-state index is 11.8. The highest BCUT2D eigenvalue weighted by Crippen LogP contribution is 2.19. The second kappa shape index (κ2) is 7.40. The van der Waals surface area contributed by atoms with Crippen LogP contribution in [0.1, 0.15) is 12.8 Å². The van der Waals surface area contributed by atoms with Crippen molar-refractivity contribution < 1.29 is 9.53 Å². The van der Waals surface area contributed by atoms with Gasteiger partial charge in [0.2, 0.25) is 0 Å². The summed E-state index contributed by atoms with van der Waals surface area (Å²) < 4.78 is 5.30. The Bertz CT molecular complexity index is 420. The van der Waals surface area contributed by atoms with E-state index in [0.29, 0.717) is 5.92 Å². The molecule has 0 bridgehead atoms. The molecule has 1 aliphatic rings. The average Bonchev–Trinajstić information content (AvgIpc) is 2.46. The number of thioether (sulfide) groups is 1. The highest BCUT2D eigenvalue weighted by atomic mass is 32.2. The van der Waals surface area contributed by atoms with Crippen molar-refractivity contribution in [2.24, 2.45) is 5.92 Å². The normalized spacial score (nSPS) is 16.1. The largest absolute Gasteiger partial charge is 0.381 e. The van der Waals surface area contributed by atoms with Crippen LogP contribution in [0.25, 0.3) is 0 Å². The van der Waals surface area contributed by atoms with Gasteiger partial charge in [0.25, 0.3) is 0 Å². The molecule has 0 spiro atoms. The van der Waals surface area contributed by atoms with Crippen LogP contribution in [0.5, 0.6) is 0 Å². The molecule has 0 saturated carbocycles. The van der Waals surface area contributed by atoms with Crippen LogP contribution in [0.3, 0.4) is 0 Å². The molecular formula is C14H20N2O2S. The standard InChI is InChI=1S/C14H20N2O2S/c1-19-13-4-2-3-12(9-13)16-14(17)15-10-11-5-7-18-8-6-11/h2-4,9,11H,5-8,10H2,1H3,(H2,15,16,17). The Balaban J connectivity index is 1.76. The lowest BCUT2D eigenvalue weighted by atomic mass is 10.0. The van der Waals surface area contributed by atoms with Crippen LogP contribution in [0.2, 0.25) is 0 Å². The van der Waals surface area contributed by atoms with E-state index in [1.54, 1.807) is 11.8 Å². The summed E-state index contributed by atoms with van der Waals surface area (Å²) in [5.41, 5.74) is 0.830. The quantitative estimate of drug-likeness (QED) is 0.834. The predicted molar refractivity (Wildman–Crippen MR) is 78.8 cm³/mol. The van der Waals surface area contributed by atoms with Crippen molar-refractivity contribution in [3.05, 3.63) is 24.3 Å². The van der Waals surface area contributed by atoms with Gasteiger partial charge in [-0.1, -0.05) is 6.07 Å². The van der Waals surface area contributed by atoms with Gasteiger partial charge < -0.3 is 15.4 Å². The molecule has 0 unspecified atom stereocenters. The summed E-state index contributed by atoms with van der Waals surface area (Å²) in [6, 6.07) is 7.70. The molecule has 19 heavy (non-hydrogen) atoms. The highest BCUT2D eigenvalue weighted by Gasteiger charge is 2.14. The molecule has 1 aliphatic heterocycles. The SMILES string of the molecule is CSc1cccc(NC(=O)NCC2CCOCC2)c1. The van der Waals surface area contributed by atoms with E-state index in [1.807, 2.05) is 30.5 Å². The lowest BCUT2D eigenvalue weighted by Gasteiger charge is -2.22. The van der Waals surface area contributed by atoms with Gasteiger partial charge in [-0.25, -0.2) is 4.79 Å². The summed E-state index contributed by atoms with van der Waals surface area (Å²) in [5, 5.41) is 5.79. The smallest absolute Gasteiger partial charge is 0.319 e. The van der Waals surface area contributed by atoms with Gasteiger partial charge in [-0.05, 0) is 43.2 Å². The summed E-state index contributed by atoms with van der Waals surface area (Å²) in [5.74, 6) is 0.539. The third kappa shape index (κ3) is 4.76. The van der Waals surface area contributed by atoms with Crippen molar-refractivity contribution in [2.75, 3.05) is 31.3 Å². The maximum atomic E-state index is 11.8. The zero-order chi connectivity index (χ0) is 13.5. The van der Waals surface area contributed by atoms with Gasteiger partial charge in [0.15, 0.2) is 0 Å². The van der Waals surface area contributed by atoms with Crippen molar-refractivity contribution in [1.82, 2.24) is 5.32 Å². The molecule has 0 radical (unpaired) electrons. The summed E-state index contributed by atoms with van der Waals surface area (Å²) in [4.78, 5) is 12.9. The number of nitrogens with one attached hydrogen (secondary N) is 2. The number of anilines is 1. The average molecular weight is 280 g/mol. The van der Waals surface area contributed by atoms with E-state index < -0.39 is 0 Å². The van der Waals surface area contributed by atoms with E-state index in [9.17, 15) is 4.79 Å². The molecule has 1 aromatic carbocycles. The van der Waals surface area contributed by atoms with E-state index in [2.05, 4.69) is 10.6 Å². The van der Waals surface area contributed by atoms with Gasteiger partial charge in [0.1, 0.15) is 0 Å². The van der Waals surface area contributed by atoms with Crippen LogP contribution >= 0.6 is 11.8 Å². The van der Waals surface area contributed by atoms with Crippen LogP contribution in [-0.2, 0) is 4.74 Å². The predicted octanol–water partition coefficient (Wildman–Crippen LogP) is 2.96. The summed E-state index contributed by atoms with van der Waals surface area (Å²) in [7, 11) is 0. The van der Waals surface area contributed by atoms with Gasteiger partial charge in [-0.2, -0.15) is 0 Å². The monoisotopic (exact) mass is 280 g/mol. The maximum Gasteiger partial charge on any atom is 0.319 e. The number of hydrogen-bond donors (Lipinski definition) is 2. The van der Waals surface area contributed by atoms with E-state index >= 15 is 0 Å². The molecule has 5 heteroatoms. The van der Waals surface area contributed by atoms with Crippen LogP contribution in [-0.4, -0.2) is 32.0 Å². The Labute approximate surface area is 118 Å². The number of amides is 2. The minimum Gasteiger partial charge on any atom is -0.381 e. The Morgan fingerprint density at radius 3 is 2.95 bits per heavy atom. The molecule has 104 valence electrons. The Kier molecular flexibility index (Phi) is 5.54. The number of urea groups is 1. The molecule has 0 aromatic heterocycles. The Morgan fingerprint density at radius 2 is 2.21 bits per heavy atom. The number of carbonyl (C=O) groups is 1. The molecule has 1 fully saturated rings. The molecule has 1 saturated heterocycles. The fourth-order valence-electron chi connectivity index (χ4n) is 2.06. The van der Waals surface area contributed by atoms with Crippen molar-refractivity contribution in [3.63, 3.8) is 0 Å². The van der Waals surface area contributed by atoms with Crippen LogP contribution in [0.4, 0.5) is 10.5 Å². The molecule has 1 aromatic rings. The minimum atomic E-state index is -0.134. The van der Waals surface area contributed by atoms with Gasteiger partial charge in [0, 0.05) is 30.3 Å². The Morgan fingerprint density at radius 1 is 1.42 bits per heavy atom. The van der Waals surface area contributed by atoms with Crippen LogP contribution in [0, 0.1) is 5.92 Å². The molecule has 2 amide bonds. The van der Waals surface area contributed by atoms with Gasteiger partial charge >= 0.3 is 6.03 Å². The van der Waals surface area contributed by atoms with E-state index in [0.717, 1.165) is 43.2 Å². The van der Waals surface area contributed by atoms with Crippen LogP contribution in [0.15, 0.2) is 29.2 Å². The van der Waals surface area contributed by atoms with Gasteiger partial charge in [-0.15, -0.1) is 11.8 Å². The number of ether oxygens (including phenoxy) is 1. The first-order valence-corrected chi connectivity index (χ1v) is 7.77. The lowest BCUT2D eigenvalue weighted by molar-refractivity contribution is 0.0671. The Hall–Kier alpha value is -1.20. The van der Waals surface area contributed by atoms with Crippen molar-refractivity contribution >= 4 is 23.5 Å². The van der Waals surface area contributed by atoms with Crippen molar-refractivity contribution in [3.8, 4) is 0 Å². The molecule has 1 heterocycles. The van der Waals surface area contributed by atoms with E-state index in [-0.39, 0.29) is 6.03 Å². The summed E-state index contributed by atoms with van der Waals surface area (Å²) in [6.07, 6.45) is 4.08. The first-order chi connectivity index (χ1) is 9.28. The first kappa shape index (κ1) is 14.2. The molecule has 4 nitrogen and oxygen atoms in total. The second-order valence-electron chi connectivity index (χ2n) is 4.62. The second-order valence-corrected chi connectivity index (χ2v) is 5.50. The minimum absolute atomic E-state index is 0.134. The summed E-state index contributed by atoms with van der Waals surface area (Å²) >= 11 is 1.66. The third-order valence-corrected chi connectivity index (χ3v) is 3.95. The molecule has 2 rings (SSSR count). The zero-order valence-corrected chi connectivity index (χ0v) is 12.0. The van der Waals surface area contributed by atoms with Crippen molar-refractivity contribution in [1.29, 1.82) is 0 Å². The number of rotatable bonds is 4. The van der Waals surface area contributed by atoms with Crippen LogP contribution < -0.4 is 10.6 Å².